The van der Waals surface area contributed by atoms with Gasteiger partial charge in [0.25, 0.3) is 0 Å². The number of hydrogen-bond donors (Lipinski definition) is 1. The highest BCUT2D eigenvalue weighted by atomic mass is 32.2. The molecule has 1 heterocycles. The lowest BCUT2D eigenvalue weighted by molar-refractivity contribution is 0.331. The van der Waals surface area contributed by atoms with Gasteiger partial charge in [-0.2, -0.15) is 4.98 Å². The number of hydrogen-bond acceptors (Lipinski definition) is 5. The van der Waals surface area contributed by atoms with E-state index in [9.17, 15) is 0 Å². The summed E-state index contributed by atoms with van der Waals surface area (Å²) in [6.45, 7) is 4.05. The zero-order valence-corrected chi connectivity index (χ0v) is 12.1. The van der Waals surface area contributed by atoms with Gasteiger partial charge in [0.15, 0.2) is 5.82 Å². The Hall–Kier alpha value is -1.33. The predicted molar refractivity (Wildman–Crippen MR) is 77.0 cm³/mol. The molecule has 2 rings (SSSR count). The zero-order valence-electron chi connectivity index (χ0n) is 11.2. The number of benzene rings is 1. The molecule has 102 valence electrons. The Balaban J connectivity index is 1.97. The van der Waals surface area contributed by atoms with Crippen molar-refractivity contribution in [3.05, 3.63) is 42.0 Å². The molecule has 4 nitrogen and oxygen atoms in total. The Bertz CT molecular complexity index is 498. The van der Waals surface area contributed by atoms with Gasteiger partial charge in [0.1, 0.15) is 0 Å². The fourth-order valence-electron chi connectivity index (χ4n) is 1.91. The summed E-state index contributed by atoms with van der Waals surface area (Å²) in [7, 11) is 0. The molecule has 0 spiro atoms. The lowest BCUT2D eigenvalue weighted by atomic mass is 9.99. The molecule has 0 saturated carbocycles. The summed E-state index contributed by atoms with van der Waals surface area (Å²) in [5, 5.41) is 4.02. The van der Waals surface area contributed by atoms with Crippen LogP contribution in [0.4, 0.5) is 0 Å². The number of thioether (sulfide) groups is 1. The molecule has 0 aliphatic heterocycles. The quantitative estimate of drug-likeness (QED) is 0.821. The molecule has 2 atom stereocenters. The molecule has 0 radical (unpaired) electrons. The summed E-state index contributed by atoms with van der Waals surface area (Å²) in [4.78, 5) is 5.64. The molecule has 0 aliphatic rings. The zero-order chi connectivity index (χ0) is 13.7. The third-order valence-corrected chi connectivity index (χ3v) is 3.99. The van der Waals surface area contributed by atoms with E-state index in [1.807, 2.05) is 25.1 Å². The van der Waals surface area contributed by atoms with Crippen LogP contribution in [0.3, 0.4) is 0 Å². The molecule has 19 heavy (non-hydrogen) atoms. The van der Waals surface area contributed by atoms with E-state index in [1.165, 1.54) is 4.90 Å². The van der Waals surface area contributed by atoms with Crippen molar-refractivity contribution < 1.29 is 4.52 Å². The molecular formula is C14H19N3OS. The van der Waals surface area contributed by atoms with Crippen molar-refractivity contribution >= 4 is 11.8 Å². The summed E-state index contributed by atoms with van der Waals surface area (Å²) in [6.07, 6.45) is 0.908. The van der Waals surface area contributed by atoms with E-state index in [0.717, 1.165) is 12.2 Å². The molecule has 2 aromatic rings. The van der Waals surface area contributed by atoms with Gasteiger partial charge >= 0.3 is 0 Å². The summed E-state index contributed by atoms with van der Waals surface area (Å²) >= 11 is 1.70. The average Bonchev–Trinajstić information content (AvgIpc) is 2.87. The largest absolute Gasteiger partial charge is 0.339 e. The monoisotopic (exact) mass is 277 g/mol. The molecule has 2 unspecified atom stereocenters. The van der Waals surface area contributed by atoms with E-state index in [1.54, 1.807) is 11.8 Å². The average molecular weight is 277 g/mol. The third kappa shape index (κ3) is 3.81. The summed E-state index contributed by atoms with van der Waals surface area (Å²) in [6, 6.07) is 10.2. The van der Waals surface area contributed by atoms with Crippen molar-refractivity contribution in [1.29, 1.82) is 0 Å². The van der Waals surface area contributed by atoms with Gasteiger partial charge in [-0.25, -0.2) is 0 Å². The van der Waals surface area contributed by atoms with Crippen LogP contribution in [0.2, 0.25) is 0 Å². The van der Waals surface area contributed by atoms with Crippen LogP contribution in [-0.2, 0) is 5.75 Å². The van der Waals surface area contributed by atoms with E-state index in [0.29, 0.717) is 11.6 Å². The topological polar surface area (TPSA) is 64.9 Å². The third-order valence-electron chi connectivity index (χ3n) is 2.99. The maximum absolute atomic E-state index is 5.92. The van der Waals surface area contributed by atoms with Gasteiger partial charge in [0, 0.05) is 10.9 Å². The second kappa shape index (κ2) is 6.73. The van der Waals surface area contributed by atoms with Crippen molar-refractivity contribution in [1.82, 2.24) is 10.1 Å². The van der Waals surface area contributed by atoms with Gasteiger partial charge in [-0.05, 0) is 25.5 Å². The summed E-state index contributed by atoms with van der Waals surface area (Å²) < 4.78 is 5.31. The molecule has 0 fully saturated rings. The first-order valence-electron chi connectivity index (χ1n) is 6.46. The van der Waals surface area contributed by atoms with Crippen molar-refractivity contribution in [2.24, 2.45) is 5.73 Å². The summed E-state index contributed by atoms with van der Waals surface area (Å²) in [5.41, 5.74) is 5.92. The van der Waals surface area contributed by atoms with E-state index in [-0.39, 0.29) is 12.0 Å². The normalized spacial score (nSPS) is 14.3. The van der Waals surface area contributed by atoms with E-state index >= 15 is 0 Å². The number of nitrogens with two attached hydrogens (primary N) is 1. The molecule has 0 aliphatic carbocycles. The minimum Gasteiger partial charge on any atom is -0.339 e. The van der Waals surface area contributed by atoms with Crippen molar-refractivity contribution in [2.45, 2.75) is 42.9 Å². The Morgan fingerprint density at radius 1 is 1.32 bits per heavy atom. The first-order chi connectivity index (χ1) is 9.20. The van der Waals surface area contributed by atoms with Crippen molar-refractivity contribution in [2.75, 3.05) is 0 Å². The maximum atomic E-state index is 5.92. The number of nitrogens with zero attached hydrogens (tertiary/aromatic N) is 2. The standard InChI is InChI=1S/C14H19N3OS/c1-3-12(10(2)15)14-16-13(17-18-14)9-19-11-7-5-4-6-8-11/h4-8,10,12H,3,9,15H2,1-2H3. The molecule has 1 aromatic heterocycles. The molecule has 0 amide bonds. The minimum absolute atomic E-state index is 0.0278. The van der Waals surface area contributed by atoms with Crippen LogP contribution in [0, 0.1) is 0 Å². The van der Waals surface area contributed by atoms with Gasteiger partial charge < -0.3 is 10.3 Å². The van der Waals surface area contributed by atoms with E-state index in [4.69, 9.17) is 10.3 Å². The first kappa shape index (κ1) is 14.1. The second-order valence-electron chi connectivity index (χ2n) is 4.52. The summed E-state index contributed by atoms with van der Waals surface area (Å²) in [5.74, 6) is 2.23. The predicted octanol–water partition coefficient (Wildman–Crippen LogP) is 3.20. The molecule has 5 heteroatoms. The van der Waals surface area contributed by atoms with Gasteiger partial charge in [0.05, 0.1) is 11.7 Å². The van der Waals surface area contributed by atoms with Crippen LogP contribution in [0.1, 0.15) is 37.9 Å². The molecule has 0 saturated heterocycles. The fraction of sp³-hybridized carbons (Fsp3) is 0.429. The van der Waals surface area contributed by atoms with E-state index < -0.39 is 0 Å². The molecular weight excluding hydrogens is 258 g/mol. The molecule has 1 aromatic carbocycles. The van der Waals surface area contributed by atoms with Crippen LogP contribution in [0.25, 0.3) is 0 Å². The Labute approximate surface area is 117 Å². The van der Waals surface area contributed by atoms with E-state index in [2.05, 4.69) is 29.2 Å². The first-order valence-corrected chi connectivity index (χ1v) is 7.45. The number of rotatable bonds is 6. The van der Waals surface area contributed by atoms with Crippen LogP contribution in [-0.4, -0.2) is 16.2 Å². The SMILES string of the molecule is CCC(c1nc(CSc2ccccc2)no1)C(C)N. The van der Waals surface area contributed by atoms with Crippen LogP contribution in [0.15, 0.2) is 39.8 Å². The van der Waals surface area contributed by atoms with Crippen LogP contribution >= 0.6 is 11.8 Å². The van der Waals surface area contributed by atoms with Crippen LogP contribution < -0.4 is 5.73 Å². The van der Waals surface area contributed by atoms with Crippen LogP contribution in [0.5, 0.6) is 0 Å². The van der Waals surface area contributed by atoms with Gasteiger partial charge in [-0.3, -0.25) is 0 Å². The lowest BCUT2D eigenvalue weighted by Gasteiger charge is -2.13. The number of aromatic nitrogens is 2. The highest BCUT2D eigenvalue weighted by Crippen LogP contribution is 2.24. The minimum atomic E-state index is 0.0278. The lowest BCUT2D eigenvalue weighted by Crippen LogP contribution is -2.24. The fourth-order valence-corrected chi connectivity index (χ4v) is 2.68. The van der Waals surface area contributed by atoms with Crippen molar-refractivity contribution in [3.8, 4) is 0 Å². The smallest absolute Gasteiger partial charge is 0.231 e. The highest BCUT2D eigenvalue weighted by Gasteiger charge is 2.20. The van der Waals surface area contributed by atoms with Crippen molar-refractivity contribution in [3.63, 3.8) is 0 Å². The van der Waals surface area contributed by atoms with Gasteiger partial charge in [-0.1, -0.05) is 30.3 Å². The molecule has 2 N–H and O–H groups in total. The molecule has 0 bridgehead atoms. The van der Waals surface area contributed by atoms with Gasteiger partial charge in [-0.15, -0.1) is 11.8 Å². The Morgan fingerprint density at radius 3 is 2.68 bits per heavy atom. The highest BCUT2D eigenvalue weighted by molar-refractivity contribution is 7.98. The van der Waals surface area contributed by atoms with Gasteiger partial charge in [0.2, 0.25) is 5.89 Å². The maximum Gasteiger partial charge on any atom is 0.231 e. The second-order valence-corrected chi connectivity index (χ2v) is 5.57. The Kier molecular flexibility index (Phi) is 4.99. The Morgan fingerprint density at radius 2 is 2.05 bits per heavy atom.